The number of hydrogen-bond acceptors (Lipinski definition) is 8. The van der Waals surface area contributed by atoms with Gasteiger partial charge < -0.3 is 19.0 Å². The summed E-state index contributed by atoms with van der Waals surface area (Å²) in [5.41, 5.74) is 0.682. The molecule has 0 atom stereocenters. The number of hydrogen-bond donors (Lipinski definition) is 1. The molecular weight excluding hydrogens is 454 g/mol. The highest BCUT2D eigenvalue weighted by atomic mass is 32.2. The zero-order chi connectivity index (χ0) is 23.1. The Labute approximate surface area is 194 Å². The van der Waals surface area contributed by atoms with Gasteiger partial charge in [-0.05, 0) is 48.7 Å². The molecule has 0 saturated carbocycles. The van der Waals surface area contributed by atoms with Crippen molar-refractivity contribution in [1.82, 2.24) is 4.90 Å². The topological polar surface area (TPSA) is 106 Å². The zero-order valence-corrected chi connectivity index (χ0v) is 18.9. The predicted octanol–water partition coefficient (Wildman–Crippen LogP) is 4.35. The van der Waals surface area contributed by atoms with Crippen molar-refractivity contribution in [2.45, 2.75) is 25.7 Å². The number of ether oxygens (including phenoxy) is 2. The Bertz CT molecular complexity index is 1050. The number of carbonyl (C=O) groups is 3. The number of methoxy groups -OCH3 is 1. The van der Waals surface area contributed by atoms with Crippen LogP contribution in [0.3, 0.4) is 0 Å². The monoisotopic (exact) mass is 475 g/mol. The van der Waals surface area contributed by atoms with Crippen molar-refractivity contribution < 1.29 is 33.4 Å². The first-order chi connectivity index (χ1) is 15.4. The minimum absolute atomic E-state index is 0.0720. The Balaban J connectivity index is 1.65. The van der Waals surface area contributed by atoms with Crippen LogP contribution in [0.25, 0.3) is 6.08 Å². The number of amides is 1. The predicted molar refractivity (Wildman–Crippen MR) is 123 cm³/mol. The molecule has 0 unspecified atom stereocenters. The van der Waals surface area contributed by atoms with Crippen molar-refractivity contribution in [2.75, 3.05) is 13.7 Å². The van der Waals surface area contributed by atoms with Crippen molar-refractivity contribution in [3.8, 4) is 11.5 Å². The quantitative estimate of drug-likeness (QED) is 0.176. The number of rotatable bonds is 10. The summed E-state index contributed by atoms with van der Waals surface area (Å²) in [6.45, 7) is 0.451. The second-order valence-corrected chi connectivity index (χ2v) is 8.49. The number of esters is 1. The van der Waals surface area contributed by atoms with Crippen molar-refractivity contribution in [2.24, 2.45) is 0 Å². The molecular formula is C22H21NO7S2. The number of carboxylic acids is 1. The number of aliphatic carboxylic acids is 1. The van der Waals surface area contributed by atoms with Crippen LogP contribution in [0, 0.1) is 0 Å². The molecule has 0 radical (unpaired) electrons. The van der Waals surface area contributed by atoms with Crippen LogP contribution in [0.4, 0.5) is 0 Å². The minimum Gasteiger partial charge on any atom is -0.493 e. The van der Waals surface area contributed by atoms with E-state index in [9.17, 15) is 14.4 Å². The van der Waals surface area contributed by atoms with E-state index in [2.05, 4.69) is 0 Å². The zero-order valence-electron chi connectivity index (χ0n) is 17.2. The number of benzene rings is 1. The number of furan rings is 1. The number of thioether (sulfide) groups is 1. The fourth-order valence-electron chi connectivity index (χ4n) is 2.97. The van der Waals surface area contributed by atoms with E-state index >= 15 is 0 Å². The molecule has 10 heteroatoms. The highest BCUT2D eigenvalue weighted by Crippen LogP contribution is 2.35. The summed E-state index contributed by atoms with van der Waals surface area (Å²) in [6, 6.07) is 8.02. The van der Waals surface area contributed by atoms with Gasteiger partial charge in [0.25, 0.3) is 5.91 Å². The van der Waals surface area contributed by atoms with E-state index in [4.69, 9.17) is 31.2 Å². The number of carbonyl (C=O) groups excluding carboxylic acids is 2. The summed E-state index contributed by atoms with van der Waals surface area (Å²) >= 11 is 6.54. The highest BCUT2D eigenvalue weighted by molar-refractivity contribution is 8.26. The van der Waals surface area contributed by atoms with Gasteiger partial charge in [-0.1, -0.05) is 36.5 Å². The second-order valence-electron chi connectivity index (χ2n) is 6.81. The van der Waals surface area contributed by atoms with Crippen LogP contribution in [0.1, 0.15) is 41.8 Å². The fraction of sp³-hybridized carbons (Fsp3) is 0.273. The molecule has 1 aliphatic rings. The van der Waals surface area contributed by atoms with Gasteiger partial charge in [-0.15, -0.1) is 0 Å². The van der Waals surface area contributed by atoms with E-state index in [-0.39, 0.29) is 23.8 Å². The van der Waals surface area contributed by atoms with Gasteiger partial charge in [0, 0.05) is 13.0 Å². The maximum Gasteiger partial charge on any atom is 0.379 e. The van der Waals surface area contributed by atoms with Crippen molar-refractivity contribution in [3.05, 3.63) is 52.8 Å². The van der Waals surface area contributed by atoms with Crippen LogP contribution in [-0.4, -0.2) is 45.8 Å². The second kappa shape index (κ2) is 11.0. The van der Waals surface area contributed by atoms with Crippen LogP contribution in [-0.2, 0) is 9.59 Å². The van der Waals surface area contributed by atoms with Crippen LogP contribution in [0.15, 0.2) is 45.9 Å². The molecule has 0 spiro atoms. The Kier molecular flexibility index (Phi) is 8.07. The molecule has 3 rings (SSSR count). The fourth-order valence-corrected chi connectivity index (χ4v) is 4.28. The molecule has 1 amide bonds. The first-order valence-corrected chi connectivity index (χ1v) is 11.0. The van der Waals surface area contributed by atoms with Gasteiger partial charge in [0.15, 0.2) is 11.5 Å². The number of unbranched alkanes of at least 4 members (excludes halogenated alkanes) is 2. The summed E-state index contributed by atoms with van der Waals surface area (Å²) in [4.78, 5) is 37.4. The van der Waals surface area contributed by atoms with E-state index in [1.807, 2.05) is 0 Å². The highest BCUT2D eigenvalue weighted by Gasteiger charge is 2.31. The molecule has 1 saturated heterocycles. The molecule has 1 aliphatic heterocycles. The van der Waals surface area contributed by atoms with E-state index < -0.39 is 11.9 Å². The summed E-state index contributed by atoms with van der Waals surface area (Å²) in [6.07, 6.45) is 5.14. The van der Waals surface area contributed by atoms with Crippen LogP contribution in [0.5, 0.6) is 11.5 Å². The Morgan fingerprint density at radius 3 is 2.72 bits per heavy atom. The lowest BCUT2D eigenvalue weighted by molar-refractivity contribution is -0.137. The molecule has 2 aromatic rings. The summed E-state index contributed by atoms with van der Waals surface area (Å²) in [5, 5.41) is 8.69. The average molecular weight is 476 g/mol. The summed E-state index contributed by atoms with van der Waals surface area (Å²) in [5.74, 6) is -1.04. The third-order valence-electron chi connectivity index (χ3n) is 4.56. The lowest BCUT2D eigenvalue weighted by Gasteiger charge is -2.13. The van der Waals surface area contributed by atoms with Gasteiger partial charge in [0.2, 0.25) is 5.76 Å². The number of carboxylic acid groups (broad SMARTS) is 1. The lowest BCUT2D eigenvalue weighted by Crippen LogP contribution is -2.29. The lowest BCUT2D eigenvalue weighted by atomic mass is 10.1. The standard InChI is InChI=1S/C22H21NO7S2/c1-28-17-12-14(8-9-15(17)30-21(27)16-6-5-11-29-16)13-18-20(26)23(22(31)32-18)10-4-2-3-7-19(24)25/h5-6,8-9,11-13H,2-4,7,10H2,1H3,(H,24,25)/b18-13+. The van der Waals surface area contributed by atoms with Gasteiger partial charge in [-0.2, -0.15) is 0 Å². The van der Waals surface area contributed by atoms with E-state index in [0.717, 1.165) is 0 Å². The number of thiocarbonyl (C=S) groups is 1. The molecule has 1 fully saturated rings. The van der Waals surface area contributed by atoms with Crippen LogP contribution >= 0.6 is 24.0 Å². The Morgan fingerprint density at radius 1 is 1.22 bits per heavy atom. The number of nitrogens with zero attached hydrogens (tertiary/aromatic N) is 1. The smallest absolute Gasteiger partial charge is 0.379 e. The van der Waals surface area contributed by atoms with E-state index in [1.165, 1.54) is 36.1 Å². The molecule has 1 aromatic carbocycles. The molecule has 0 bridgehead atoms. The third-order valence-corrected chi connectivity index (χ3v) is 5.93. The first kappa shape index (κ1) is 23.6. The normalized spacial score (nSPS) is 14.8. The Morgan fingerprint density at radius 2 is 2.03 bits per heavy atom. The maximum atomic E-state index is 12.7. The van der Waals surface area contributed by atoms with Crippen molar-refractivity contribution in [3.63, 3.8) is 0 Å². The van der Waals surface area contributed by atoms with E-state index in [0.29, 0.717) is 46.3 Å². The van der Waals surface area contributed by atoms with Gasteiger partial charge in [0.1, 0.15) is 4.32 Å². The molecule has 2 heterocycles. The van der Waals surface area contributed by atoms with Crippen molar-refractivity contribution in [1.29, 1.82) is 0 Å². The van der Waals surface area contributed by atoms with Crippen LogP contribution < -0.4 is 9.47 Å². The van der Waals surface area contributed by atoms with E-state index in [1.54, 1.807) is 30.3 Å². The Hall–Kier alpha value is -3.11. The summed E-state index contributed by atoms with van der Waals surface area (Å²) in [7, 11) is 1.45. The molecule has 32 heavy (non-hydrogen) atoms. The largest absolute Gasteiger partial charge is 0.493 e. The SMILES string of the molecule is COc1cc(/C=C2/SC(=S)N(CCCCCC(=O)O)C2=O)ccc1OC(=O)c1ccco1. The van der Waals surface area contributed by atoms with Crippen LogP contribution in [0.2, 0.25) is 0 Å². The first-order valence-electron chi connectivity index (χ1n) is 9.80. The van der Waals surface area contributed by atoms with Gasteiger partial charge in [-0.3, -0.25) is 14.5 Å². The molecule has 168 valence electrons. The van der Waals surface area contributed by atoms with Gasteiger partial charge >= 0.3 is 11.9 Å². The molecule has 8 nitrogen and oxygen atoms in total. The molecule has 0 aliphatic carbocycles. The molecule has 1 N–H and O–H groups in total. The maximum absolute atomic E-state index is 12.7. The molecule has 1 aromatic heterocycles. The average Bonchev–Trinajstić information content (AvgIpc) is 3.39. The summed E-state index contributed by atoms with van der Waals surface area (Å²) < 4.78 is 16.1. The third kappa shape index (κ3) is 5.98. The minimum atomic E-state index is -0.823. The van der Waals surface area contributed by atoms with Gasteiger partial charge in [0.05, 0.1) is 18.3 Å². The van der Waals surface area contributed by atoms with Crippen molar-refractivity contribution >= 4 is 52.2 Å². The van der Waals surface area contributed by atoms with Gasteiger partial charge in [-0.25, -0.2) is 4.79 Å².